The largest absolute Gasteiger partial charge is 0.387 e. The molecule has 0 amide bonds. The molecular formula is C22H32N8O. The molecule has 2 aliphatic heterocycles. The van der Waals surface area contributed by atoms with Crippen LogP contribution in [0.3, 0.4) is 0 Å². The Morgan fingerprint density at radius 1 is 1.32 bits per heavy atom. The number of anilines is 1. The molecule has 2 saturated heterocycles. The number of hydrogen-bond donors (Lipinski definition) is 1. The molecule has 9 nitrogen and oxygen atoms in total. The molecule has 2 fully saturated rings. The van der Waals surface area contributed by atoms with Crippen molar-refractivity contribution < 1.29 is 4.74 Å². The lowest BCUT2D eigenvalue weighted by molar-refractivity contribution is 0.0299. The van der Waals surface area contributed by atoms with Crippen LogP contribution in [0.25, 0.3) is 16.9 Å². The average Bonchev–Trinajstić information content (AvgIpc) is 3.34. The summed E-state index contributed by atoms with van der Waals surface area (Å²) in [6.45, 7) is 11.4. The van der Waals surface area contributed by atoms with Crippen molar-refractivity contribution in [1.82, 2.24) is 19.5 Å². The zero-order valence-electron chi connectivity index (χ0n) is 18.7. The van der Waals surface area contributed by atoms with Crippen LogP contribution in [-0.4, -0.2) is 57.4 Å². The van der Waals surface area contributed by atoms with E-state index < -0.39 is 0 Å². The van der Waals surface area contributed by atoms with Crippen LogP contribution >= 0.6 is 0 Å². The predicted molar refractivity (Wildman–Crippen MR) is 124 cm³/mol. The number of amidine groups is 1. The molecule has 0 aromatic carbocycles. The topological polar surface area (TPSA) is 107 Å². The standard InChI is InChI=1S/C22H32N8O/c1-5-7-15(6-2)30-13-26-20-19(18(24-4)10-25-14(3)23)27-22(28-21(20)30)29-11-16-8-9-17(12-29)31-16/h10,13,15-17H,4-9,11-12H2,1-3H3,(H2,23,25)/b18-10-. The van der Waals surface area contributed by atoms with Gasteiger partial charge in [-0.3, -0.25) is 4.99 Å². The lowest BCUT2D eigenvalue weighted by Crippen LogP contribution is -2.43. The lowest BCUT2D eigenvalue weighted by Gasteiger charge is -2.32. The number of fused-ring (bicyclic) bond motifs is 3. The molecule has 4 rings (SSSR count). The van der Waals surface area contributed by atoms with Crippen molar-refractivity contribution in [2.45, 2.75) is 71.1 Å². The Morgan fingerprint density at radius 2 is 2.06 bits per heavy atom. The number of morpholine rings is 1. The number of nitrogens with zero attached hydrogens (tertiary/aromatic N) is 7. The molecule has 0 radical (unpaired) electrons. The van der Waals surface area contributed by atoms with Crippen LogP contribution in [0.15, 0.2) is 22.5 Å². The van der Waals surface area contributed by atoms with Gasteiger partial charge in [0.15, 0.2) is 5.65 Å². The first-order valence-corrected chi connectivity index (χ1v) is 11.2. The maximum atomic E-state index is 6.01. The molecule has 2 aromatic heterocycles. The number of rotatable bonds is 8. The fourth-order valence-corrected chi connectivity index (χ4v) is 4.48. The van der Waals surface area contributed by atoms with Crippen LogP contribution in [0.4, 0.5) is 5.95 Å². The van der Waals surface area contributed by atoms with Crippen LogP contribution in [0, 0.1) is 0 Å². The molecule has 2 bridgehead atoms. The highest BCUT2D eigenvalue weighted by Gasteiger charge is 2.35. The minimum Gasteiger partial charge on any atom is -0.387 e. The van der Waals surface area contributed by atoms with Crippen LogP contribution in [-0.2, 0) is 4.74 Å². The molecule has 31 heavy (non-hydrogen) atoms. The van der Waals surface area contributed by atoms with E-state index in [1.165, 1.54) is 0 Å². The van der Waals surface area contributed by atoms with Gasteiger partial charge in [-0.2, -0.15) is 4.98 Å². The number of imidazole rings is 1. The fourth-order valence-electron chi connectivity index (χ4n) is 4.48. The highest BCUT2D eigenvalue weighted by molar-refractivity contribution is 5.87. The van der Waals surface area contributed by atoms with Gasteiger partial charge in [0.25, 0.3) is 0 Å². The second-order valence-corrected chi connectivity index (χ2v) is 8.35. The van der Waals surface area contributed by atoms with E-state index in [4.69, 9.17) is 20.4 Å². The van der Waals surface area contributed by atoms with E-state index in [1.54, 1.807) is 13.1 Å². The summed E-state index contributed by atoms with van der Waals surface area (Å²) >= 11 is 0. The summed E-state index contributed by atoms with van der Waals surface area (Å²) in [5.74, 6) is 1.12. The Hall–Kier alpha value is -2.81. The number of aliphatic imine (C=N–C) groups is 2. The van der Waals surface area contributed by atoms with Crippen molar-refractivity contribution in [3.05, 3.63) is 18.2 Å². The summed E-state index contributed by atoms with van der Waals surface area (Å²) < 4.78 is 8.19. The molecule has 2 aromatic rings. The van der Waals surface area contributed by atoms with Crippen molar-refractivity contribution in [1.29, 1.82) is 0 Å². The van der Waals surface area contributed by atoms with Gasteiger partial charge in [-0.1, -0.05) is 20.3 Å². The van der Waals surface area contributed by atoms with E-state index in [-0.39, 0.29) is 12.2 Å². The molecule has 9 heteroatoms. The third-order valence-corrected chi connectivity index (χ3v) is 6.03. The second kappa shape index (κ2) is 9.13. The van der Waals surface area contributed by atoms with Gasteiger partial charge in [0.1, 0.15) is 16.9 Å². The maximum Gasteiger partial charge on any atom is 0.228 e. The highest BCUT2D eigenvalue weighted by atomic mass is 16.5. The average molecular weight is 425 g/mol. The summed E-state index contributed by atoms with van der Waals surface area (Å²) in [6.07, 6.45) is 9.31. The minimum absolute atomic E-state index is 0.243. The molecular weight excluding hydrogens is 392 g/mol. The first-order chi connectivity index (χ1) is 15.0. The minimum atomic E-state index is 0.243. The first-order valence-electron chi connectivity index (χ1n) is 11.2. The van der Waals surface area contributed by atoms with E-state index >= 15 is 0 Å². The van der Waals surface area contributed by atoms with Crippen molar-refractivity contribution in [2.75, 3.05) is 18.0 Å². The summed E-state index contributed by atoms with van der Waals surface area (Å²) in [5, 5.41) is 0. The highest BCUT2D eigenvalue weighted by Crippen LogP contribution is 2.32. The SMILES string of the molecule is C=N/C(=C\N=C(C)N)c1nc(N2CC3CCC(C2)O3)nc2c1ncn2C(CC)CCC. The zero-order chi connectivity index (χ0) is 22.0. The third-order valence-electron chi connectivity index (χ3n) is 6.03. The van der Waals surface area contributed by atoms with E-state index in [9.17, 15) is 0 Å². The van der Waals surface area contributed by atoms with E-state index in [0.717, 1.165) is 50.8 Å². The van der Waals surface area contributed by atoms with Crippen LogP contribution in [0.5, 0.6) is 0 Å². The summed E-state index contributed by atoms with van der Waals surface area (Å²) in [5.41, 5.74) is 8.42. The first kappa shape index (κ1) is 21.4. The molecule has 4 heterocycles. The Balaban J connectivity index is 1.86. The van der Waals surface area contributed by atoms with Gasteiger partial charge in [0.2, 0.25) is 5.95 Å². The Morgan fingerprint density at radius 3 is 2.68 bits per heavy atom. The van der Waals surface area contributed by atoms with Crippen molar-refractivity contribution in [3.63, 3.8) is 0 Å². The van der Waals surface area contributed by atoms with Gasteiger partial charge in [-0.05, 0) is 39.3 Å². The Labute approximate surface area is 183 Å². The quantitative estimate of drug-likeness (QED) is 0.515. The molecule has 3 unspecified atom stereocenters. The van der Waals surface area contributed by atoms with Gasteiger partial charge < -0.3 is 19.9 Å². The fraction of sp³-hybridized carbons (Fsp3) is 0.591. The molecule has 166 valence electrons. The van der Waals surface area contributed by atoms with Crippen LogP contribution < -0.4 is 10.6 Å². The van der Waals surface area contributed by atoms with Gasteiger partial charge in [0, 0.05) is 19.1 Å². The predicted octanol–water partition coefficient (Wildman–Crippen LogP) is 3.32. The number of hydrogen-bond acceptors (Lipinski definition) is 7. The monoisotopic (exact) mass is 424 g/mol. The number of ether oxygens (including phenoxy) is 1. The van der Waals surface area contributed by atoms with Crippen LogP contribution in [0.2, 0.25) is 0 Å². The molecule has 2 N–H and O–H groups in total. The van der Waals surface area contributed by atoms with Crippen molar-refractivity contribution in [3.8, 4) is 0 Å². The van der Waals surface area contributed by atoms with E-state index in [0.29, 0.717) is 34.7 Å². The Bertz CT molecular complexity index is 994. The van der Waals surface area contributed by atoms with Crippen molar-refractivity contribution >= 4 is 35.4 Å². The second-order valence-electron chi connectivity index (χ2n) is 8.35. The summed E-state index contributed by atoms with van der Waals surface area (Å²) in [6, 6.07) is 0.333. The third kappa shape index (κ3) is 4.32. The summed E-state index contributed by atoms with van der Waals surface area (Å²) in [4.78, 5) is 25.2. The van der Waals surface area contributed by atoms with Crippen LogP contribution in [0.1, 0.15) is 64.6 Å². The smallest absolute Gasteiger partial charge is 0.228 e. The molecule has 2 aliphatic rings. The van der Waals surface area contributed by atoms with E-state index in [1.807, 2.05) is 6.33 Å². The van der Waals surface area contributed by atoms with E-state index in [2.05, 4.69) is 45.0 Å². The van der Waals surface area contributed by atoms with Gasteiger partial charge in [0.05, 0.1) is 30.6 Å². The van der Waals surface area contributed by atoms with Crippen molar-refractivity contribution in [2.24, 2.45) is 15.7 Å². The molecule has 3 atom stereocenters. The summed E-state index contributed by atoms with van der Waals surface area (Å²) in [7, 11) is 0. The Kier molecular flexibility index (Phi) is 6.31. The normalized spacial score (nSPS) is 22.9. The molecule has 0 saturated carbocycles. The van der Waals surface area contributed by atoms with Gasteiger partial charge in [-0.15, -0.1) is 0 Å². The molecule has 0 spiro atoms. The number of aromatic nitrogens is 4. The zero-order valence-corrected chi connectivity index (χ0v) is 18.7. The maximum absolute atomic E-state index is 6.01. The lowest BCUT2D eigenvalue weighted by atomic mass is 10.1. The van der Waals surface area contributed by atoms with Gasteiger partial charge in [-0.25, -0.2) is 15.0 Å². The van der Waals surface area contributed by atoms with Gasteiger partial charge >= 0.3 is 0 Å². The molecule has 0 aliphatic carbocycles. The number of nitrogens with two attached hydrogens (primary N) is 1.